The maximum Gasteiger partial charge on any atom is 0.317 e. The van der Waals surface area contributed by atoms with E-state index in [4.69, 9.17) is 28.4 Å². The SMILES string of the molecule is CCC(CC)(CCCCOc1ccc2c(c1)OCO2)C(=O)Oc1ccc2c(c1)OCO2. The Morgan fingerprint density at radius 3 is 2.06 bits per heavy atom. The number of carbonyl (C=O) groups is 1. The van der Waals surface area contributed by atoms with Crippen molar-refractivity contribution < 1.29 is 33.2 Å². The molecule has 0 spiro atoms. The van der Waals surface area contributed by atoms with E-state index >= 15 is 0 Å². The van der Waals surface area contributed by atoms with E-state index in [1.807, 2.05) is 32.0 Å². The summed E-state index contributed by atoms with van der Waals surface area (Å²) in [5, 5.41) is 0. The van der Waals surface area contributed by atoms with Crippen LogP contribution in [0.4, 0.5) is 0 Å². The van der Waals surface area contributed by atoms with Gasteiger partial charge in [-0.05, 0) is 56.4 Å². The average molecular weight is 428 g/mol. The molecule has 2 aromatic rings. The predicted molar refractivity (Wildman–Crippen MR) is 113 cm³/mol. The van der Waals surface area contributed by atoms with Crippen LogP contribution in [0.1, 0.15) is 46.0 Å². The van der Waals surface area contributed by atoms with E-state index < -0.39 is 5.41 Å². The van der Waals surface area contributed by atoms with Gasteiger partial charge in [-0.25, -0.2) is 0 Å². The fourth-order valence-electron chi connectivity index (χ4n) is 3.87. The van der Waals surface area contributed by atoms with E-state index in [2.05, 4.69) is 0 Å². The highest BCUT2D eigenvalue weighted by Gasteiger charge is 2.36. The highest BCUT2D eigenvalue weighted by molar-refractivity contribution is 5.79. The second-order valence-corrected chi connectivity index (χ2v) is 7.71. The lowest BCUT2D eigenvalue weighted by Crippen LogP contribution is -2.34. The topological polar surface area (TPSA) is 72.5 Å². The Morgan fingerprint density at radius 1 is 0.839 bits per heavy atom. The summed E-state index contributed by atoms with van der Waals surface area (Å²) in [4.78, 5) is 13.0. The van der Waals surface area contributed by atoms with Gasteiger partial charge in [0.2, 0.25) is 13.6 Å². The minimum atomic E-state index is -0.519. The number of esters is 1. The van der Waals surface area contributed by atoms with Crippen molar-refractivity contribution >= 4 is 5.97 Å². The molecule has 2 aromatic carbocycles. The highest BCUT2D eigenvalue weighted by atomic mass is 16.7. The molecule has 0 fully saturated rings. The molecule has 2 heterocycles. The Balaban J connectivity index is 1.27. The molecule has 7 heteroatoms. The van der Waals surface area contributed by atoms with Crippen LogP contribution in [-0.4, -0.2) is 26.2 Å². The molecular weight excluding hydrogens is 400 g/mol. The quantitative estimate of drug-likeness (QED) is 0.296. The first-order valence-electron chi connectivity index (χ1n) is 10.8. The Hall–Kier alpha value is -3.09. The van der Waals surface area contributed by atoms with Crippen LogP contribution in [-0.2, 0) is 4.79 Å². The van der Waals surface area contributed by atoms with E-state index in [9.17, 15) is 4.79 Å². The van der Waals surface area contributed by atoms with Gasteiger partial charge in [0, 0.05) is 12.1 Å². The molecule has 0 aromatic heterocycles. The Kier molecular flexibility index (Phi) is 6.39. The average Bonchev–Trinajstić information content (AvgIpc) is 3.45. The Bertz CT molecular complexity index is 920. The molecule has 31 heavy (non-hydrogen) atoms. The van der Waals surface area contributed by atoms with Gasteiger partial charge in [-0.3, -0.25) is 4.79 Å². The molecular formula is C24H28O7. The van der Waals surface area contributed by atoms with E-state index in [1.54, 1.807) is 18.2 Å². The van der Waals surface area contributed by atoms with E-state index in [1.165, 1.54) is 0 Å². The molecule has 2 aliphatic rings. The largest absolute Gasteiger partial charge is 0.493 e. The number of benzene rings is 2. The summed E-state index contributed by atoms with van der Waals surface area (Å²) >= 11 is 0. The van der Waals surface area contributed by atoms with Gasteiger partial charge in [0.1, 0.15) is 11.5 Å². The maximum atomic E-state index is 13.0. The van der Waals surface area contributed by atoms with E-state index in [-0.39, 0.29) is 19.6 Å². The third-order valence-electron chi connectivity index (χ3n) is 6.00. The van der Waals surface area contributed by atoms with Crippen LogP contribution < -0.4 is 28.4 Å². The smallest absolute Gasteiger partial charge is 0.317 e. The lowest BCUT2D eigenvalue weighted by molar-refractivity contribution is -0.147. The molecule has 166 valence electrons. The molecule has 0 bridgehead atoms. The van der Waals surface area contributed by atoms with Crippen molar-refractivity contribution in [2.75, 3.05) is 20.2 Å². The second-order valence-electron chi connectivity index (χ2n) is 7.71. The minimum Gasteiger partial charge on any atom is -0.493 e. The highest BCUT2D eigenvalue weighted by Crippen LogP contribution is 2.39. The number of hydrogen-bond acceptors (Lipinski definition) is 7. The van der Waals surface area contributed by atoms with Gasteiger partial charge in [-0.15, -0.1) is 0 Å². The number of fused-ring (bicyclic) bond motifs is 2. The summed E-state index contributed by atoms with van der Waals surface area (Å²) in [6, 6.07) is 10.8. The summed E-state index contributed by atoms with van der Waals surface area (Å²) in [5.41, 5.74) is -0.519. The lowest BCUT2D eigenvalue weighted by Gasteiger charge is -2.29. The molecule has 0 saturated carbocycles. The molecule has 0 amide bonds. The van der Waals surface area contributed by atoms with Gasteiger partial charge in [-0.1, -0.05) is 13.8 Å². The van der Waals surface area contributed by atoms with Gasteiger partial charge in [0.15, 0.2) is 23.0 Å². The summed E-state index contributed by atoms with van der Waals surface area (Å²) in [5.74, 6) is 3.75. The zero-order valence-corrected chi connectivity index (χ0v) is 18.0. The third-order valence-corrected chi connectivity index (χ3v) is 6.00. The zero-order chi connectivity index (χ0) is 21.7. The fraction of sp³-hybridized carbons (Fsp3) is 0.458. The minimum absolute atomic E-state index is 0.189. The van der Waals surface area contributed by atoms with Gasteiger partial charge in [0.05, 0.1) is 12.0 Å². The first-order chi connectivity index (χ1) is 15.1. The van der Waals surface area contributed by atoms with Crippen molar-refractivity contribution in [1.82, 2.24) is 0 Å². The number of unbranched alkanes of at least 4 members (excludes halogenated alkanes) is 1. The van der Waals surface area contributed by atoms with Crippen LogP contribution in [0.5, 0.6) is 34.5 Å². The monoisotopic (exact) mass is 428 g/mol. The van der Waals surface area contributed by atoms with Crippen molar-refractivity contribution in [1.29, 1.82) is 0 Å². The van der Waals surface area contributed by atoms with Crippen LogP contribution in [0.15, 0.2) is 36.4 Å². The number of ether oxygens (including phenoxy) is 6. The third kappa shape index (κ3) is 4.65. The van der Waals surface area contributed by atoms with Crippen molar-refractivity contribution in [3.8, 4) is 34.5 Å². The number of rotatable bonds is 10. The van der Waals surface area contributed by atoms with Crippen LogP contribution in [0.25, 0.3) is 0 Å². The van der Waals surface area contributed by atoms with Gasteiger partial charge in [-0.2, -0.15) is 0 Å². The standard InChI is InChI=1S/C24H28O7/c1-3-24(4-2,23(25)31-18-8-10-20-22(14-18)30-16-28-20)11-5-6-12-26-17-7-9-19-21(13-17)29-15-27-19/h7-10,13-14H,3-6,11-12,15-16H2,1-2H3. The van der Waals surface area contributed by atoms with Crippen molar-refractivity contribution in [2.45, 2.75) is 46.0 Å². The predicted octanol–water partition coefficient (Wildman–Crippen LogP) is 5.11. The number of hydrogen-bond donors (Lipinski definition) is 0. The first kappa shape index (κ1) is 21.2. The van der Waals surface area contributed by atoms with Gasteiger partial charge < -0.3 is 28.4 Å². The molecule has 0 aliphatic carbocycles. The maximum absolute atomic E-state index is 13.0. The van der Waals surface area contributed by atoms with Crippen LogP contribution >= 0.6 is 0 Å². The Morgan fingerprint density at radius 2 is 1.42 bits per heavy atom. The molecule has 7 nitrogen and oxygen atoms in total. The first-order valence-corrected chi connectivity index (χ1v) is 10.8. The molecule has 0 unspecified atom stereocenters. The molecule has 0 atom stereocenters. The van der Waals surface area contributed by atoms with Gasteiger partial charge in [0.25, 0.3) is 0 Å². The summed E-state index contributed by atoms with van der Waals surface area (Å²) < 4.78 is 32.9. The fourth-order valence-corrected chi connectivity index (χ4v) is 3.87. The molecule has 0 saturated heterocycles. The lowest BCUT2D eigenvalue weighted by atomic mass is 9.78. The second kappa shape index (κ2) is 9.37. The van der Waals surface area contributed by atoms with E-state index in [0.717, 1.165) is 43.6 Å². The van der Waals surface area contributed by atoms with Crippen molar-refractivity contribution in [3.05, 3.63) is 36.4 Å². The molecule has 0 N–H and O–H groups in total. The number of carbonyl (C=O) groups excluding carboxylic acids is 1. The van der Waals surface area contributed by atoms with Crippen LogP contribution in [0.2, 0.25) is 0 Å². The van der Waals surface area contributed by atoms with Crippen LogP contribution in [0.3, 0.4) is 0 Å². The molecule has 0 radical (unpaired) electrons. The van der Waals surface area contributed by atoms with Crippen LogP contribution in [0, 0.1) is 5.41 Å². The zero-order valence-electron chi connectivity index (χ0n) is 18.0. The van der Waals surface area contributed by atoms with Crippen molar-refractivity contribution in [3.63, 3.8) is 0 Å². The summed E-state index contributed by atoms with van der Waals surface area (Å²) in [6.07, 6.45) is 3.88. The van der Waals surface area contributed by atoms with E-state index in [0.29, 0.717) is 29.6 Å². The summed E-state index contributed by atoms with van der Waals surface area (Å²) in [7, 11) is 0. The normalized spacial score (nSPS) is 13.9. The molecule has 2 aliphatic heterocycles. The summed E-state index contributed by atoms with van der Waals surface area (Å²) in [6.45, 7) is 5.08. The molecule has 4 rings (SSSR count). The Labute approximate surface area is 182 Å². The van der Waals surface area contributed by atoms with Crippen molar-refractivity contribution in [2.24, 2.45) is 5.41 Å². The van der Waals surface area contributed by atoms with Gasteiger partial charge >= 0.3 is 5.97 Å².